The van der Waals surface area contributed by atoms with Crippen LogP contribution in [0.15, 0.2) is 82.1 Å². The lowest BCUT2D eigenvalue weighted by Gasteiger charge is -2.11. The van der Waals surface area contributed by atoms with Crippen molar-refractivity contribution in [1.29, 1.82) is 0 Å². The van der Waals surface area contributed by atoms with E-state index in [4.69, 9.17) is 22.2 Å². The minimum absolute atomic E-state index is 0.0139. The van der Waals surface area contributed by atoms with Gasteiger partial charge in [-0.1, -0.05) is 29.8 Å². The smallest absolute Gasteiger partial charge is 0.255 e. The van der Waals surface area contributed by atoms with E-state index < -0.39 is 5.82 Å². The van der Waals surface area contributed by atoms with Gasteiger partial charge in [-0.3, -0.25) is 9.79 Å². The zero-order valence-electron chi connectivity index (χ0n) is 19.7. The van der Waals surface area contributed by atoms with Gasteiger partial charge in [0.2, 0.25) is 0 Å². The number of aromatic nitrogens is 3. The topological polar surface area (TPSA) is 99.8 Å². The predicted octanol–water partition coefficient (Wildman–Crippen LogP) is 4.13. The number of hydrogen-bond donors (Lipinski definition) is 1. The number of ether oxygens (including phenoxy) is 1. The summed E-state index contributed by atoms with van der Waals surface area (Å²) in [6.07, 6.45) is 6.68. The van der Waals surface area contributed by atoms with E-state index in [1.165, 1.54) is 22.9 Å². The van der Waals surface area contributed by atoms with Crippen LogP contribution < -0.4 is 16.1 Å². The number of nitrogens with zero attached hydrogens (tertiary/aromatic N) is 5. The Hall–Kier alpha value is -4.24. The standard InChI is InChI=1S/C26H24ClFN6O2/c1-17-14-34(16-31-17)24-9-8-18(11-25(24)36-2)23(32-29)13-30-12-19-5-4-10-33(26(19)35)15-20-21(27)6-3-7-22(20)28/h3-11,13-14,16H,12,15,29H2,1-2H3/b30-13?,32-23+. The average Bonchev–Trinajstić information content (AvgIpc) is 3.31. The number of hydrazone groups is 1. The Balaban J connectivity index is 1.53. The van der Waals surface area contributed by atoms with E-state index >= 15 is 0 Å². The molecule has 2 heterocycles. The highest BCUT2D eigenvalue weighted by Gasteiger charge is 2.12. The highest BCUT2D eigenvalue weighted by molar-refractivity contribution is 6.38. The van der Waals surface area contributed by atoms with E-state index in [0.29, 0.717) is 22.6 Å². The summed E-state index contributed by atoms with van der Waals surface area (Å²) in [6, 6.07) is 13.3. The fourth-order valence-corrected chi connectivity index (χ4v) is 3.92. The maximum Gasteiger partial charge on any atom is 0.255 e. The number of benzene rings is 2. The summed E-state index contributed by atoms with van der Waals surface area (Å²) in [5.74, 6) is 5.77. The molecule has 2 aromatic heterocycles. The molecule has 2 aromatic carbocycles. The molecule has 0 aliphatic rings. The van der Waals surface area contributed by atoms with Gasteiger partial charge in [-0.15, -0.1) is 0 Å². The average molecular weight is 507 g/mol. The van der Waals surface area contributed by atoms with E-state index in [1.807, 2.05) is 29.8 Å². The van der Waals surface area contributed by atoms with E-state index in [-0.39, 0.29) is 29.2 Å². The van der Waals surface area contributed by atoms with Crippen LogP contribution in [-0.2, 0) is 13.1 Å². The van der Waals surface area contributed by atoms with Crippen molar-refractivity contribution < 1.29 is 9.13 Å². The lowest BCUT2D eigenvalue weighted by Crippen LogP contribution is -2.23. The highest BCUT2D eigenvalue weighted by Crippen LogP contribution is 2.25. The molecule has 0 bridgehead atoms. The van der Waals surface area contributed by atoms with E-state index in [0.717, 1.165) is 11.4 Å². The number of aliphatic imine (C=N–C) groups is 1. The molecule has 4 rings (SSSR count). The predicted molar refractivity (Wildman–Crippen MR) is 139 cm³/mol. The van der Waals surface area contributed by atoms with Crippen molar-refractivity contribution in [2.75, 3.05) is 7.11 Å². The molecule has 0 atom stereocenters. The molecular formula is C26H24ClFN6O2. The largest absolute Gasteiger partial charge is 0.495 e. The van der Waals surface area contributed by atoms with Crippen molar-refractivity contribution in [1.82, 2.24) is 14.1 Å². The molecule has 0 unspecified atom stereocenters. The molecule has 0 fully saturated rings. The Kier molecular flexibility index (Phi) is 7.60. The fraction of sp³-hybridized carbons (Fsp3) is 0.154. The van der Waals surface area contributed by atoms with Crippen LogP contribution in [0, 0.1) is 12.7 Å². The molecular weight excluding hydrogens is 483 g/mol. The Morgan fingerprint density at radius 3 is 2.78 bits per heavy atom. The normalized spacial score (nSPS) is 11.8. The zero-order valence-corrected chi connectivity index (χ0v) is 20.5. The SMILES string of the molecule is COc1cc(/C(C=NCc2cccn(Cc3c(F)cccc3Cl)c2=O)=N/N)ccc1-n1cnc(C)c1. The molecule has 8 nitrogen and oxygen atoms in total. The Morgan fingerprint density at radius 2 is 2.08 bits per heavy atom. The van der Waals surface area contributed by atoms with E-state index in [1.54, 1.807) is 43.9 Å². The van der Waals surface area contributed by atoms with Crippen molar-refractivity contribution in [3.8, 4) is 11.4 Å². The monoisotopic (exact) mass is 506 g/mol. The first-order valence-electron chi connectivity index (χ1n) is 11.0. The Labute approximate surface area is 212 Å². The maximum atomic E-state index is 14.2. The van der Waals surface area contributed by atoms with Gasteiger partial charge in [-0.25, -0.2) is 9.37 Å². The summed E-state index contributed by atoms with van der Waals surface area (Å²) < 4.78 is 23.0. The van der Waals surface area contributed by atoms with Crippen molar-refractivity contribution in [2.24, 2.45) is 15.9 Å². The molecule has 0 aliphatic heterocycles. The molecule has 0 saturated heterocycles. The van der Waals surface area contributed by atoms with Gasteiger partial charge in [0.25, 0.3) is 5.56 Å². The van der Waals surface area contributed by atoms with Crippen molar-refractivity contribution >= 4 is 23.5 Å². The Morgan fingerprint density at radius 1 is 1.25 bits per heavy atom. The third-order valence-electron chi connectivity index (χ3n) is 5.57. The van der Waals surface area contributed by atoms with Crippen LogP contribution in [0.4, 0.5) is 4.39 Å². The van der Waals surface area contributed by atoms with Gasteiger partial charge in [-0.05, 0) is 37.3 Å². The molecule has 0 spiro atoms. The molecule has 0 amide bonds. The minimum atomic E-state index is -0.466. The second-order valence-electron chi connectivity index (χ2n) is 7.96. The second-order valence-corrected chi connectivity index (χ2v) is 8.37. The number of halogens is 2. The van der Waals surface area contributed by atoms with Crippen LogP contribution in [0.5, 0.6) is 5.75 Å². The summed E-state index contributed by atoms with van der Waals surface area (Å²) >= 11 is 6.11. The van der Waals surface area contributed by atoms with Crippen LogP contribution >= 0.6 is 11.6 Å². The minimum Gasteiger partial charge on any atom is -0.495 e. The fourth-order valence-electron chi connectivity index (χ4n) is 3.70. The van der Waals surface area contributed by atoms with Gasteiger partial charge in [0.05, 0.1) is 37.9 Å². The molecule has 184 valence electrons. The van der Waals surface area contributed by atoms with Crippen molar-refractivity contribution in [3.63, 3.8) is 0 Å². The summed E-state index contributed by atoms with van der Waals surface area (Å²) in [4.78, 5) is 21.5. The quantitative estimate of drug-likeness (QED) is 0.221. The number of methoxy groups -OCH3 is 1. The van der Waals surface area contributed by atoms with Crippen LogP contribution in [-0.4, -0.2) is 33.2 Å². The number of nitrogens with two attached hydrogens (primary N) is 1. The first-order valence-corrected chi connectivity index (χ1v) is 11.4. The summed E-state index contributed by atoms with van der Waals surface area (Å²) in [6.45, 7) is 2.01. The van der Waals surface area contributed by atoms with Crippen molar-refractivity contribution in [3.05, 3.63) is 111 Å². The van der Waals surface area contributed by atoms with Crippen LogP contribution in [0.25, 0.3) is 5.69 Å². The van der Waals surface area contributed by atoms with Crippen LogP contribution in [0.3, 0.4) is 0 Å². The number of hydrogen-bond acceptors (Lipinski definition) is 6. The van der Waals surface area contributed by atoms with Gasteiger partial charge in [0.1, 0.15) is 17.3 Å². The lowest BCUT2D eigenvalue weighted by atomic mass is 10.1. The van der Waals surface area contributed by atoms with Crippen LogP contribution in [0.1, 0.15) is 22.4 Å². The molecule has 0 saturated carbocycles. The third kappa shape index (κ3) is 5.36. The number of aryl methyl sites for hydroxylation is 1. The molecule has 4 aromatic rings. The van der Waals surface area contributed by atoms with E-state index in [2.05, 4.69) is 15.1 Å². The number of rotatable bonds is 8. The third-order valence-corrected chi connectivity index (χ3v) is 5.92. The maximum absolute atomic E-state index is 14.2. The molecule has 2 N–H and O–H groups in total. The number of imidazole rings is 1. The van der Waals surface area contributed by atoms with Crippen molar-refractivity contribution in [2.45, 2.75) is 20.0 Å². The zero-order chi connectivity index (χ0) is 25.7. The summed E-state index contributed by atoms with van der Waals surface area (Å²) in [5.41, 5.74) is 3.20. The Bertz CT molecular complexity index is 1490. The molecule has 0 radical (unpaired) electrons. The van der Waals surface area contributed by atoms with Gasteiger partial charge >= 0.3 is 0 Å². The van der Waals surface area contributed by atoms with Gasteiger partial charge in [-0.2, -0.15) is 5.10 Å². The molecule has 10 heteroatoms. The van der Waals surface area contributed by atoms with E-state index in [9.17, 15) is 9.18 Å². The molecule has 0 aliphatic carbocycles. The first-order chi connectivity index (χ1) is 17.4. The second kappa shape index (κ2) is 11.0. The molecule has 36 heavy (non-hydrogen) atoms. The first kappa shape index (κ1) is 24.9. The number of pyridine rings is 1. The lowest BCUT2D eigenvalue weighted by molar-refractivity contribution is 0.413. The summed E-state index contributed by atoms with van der Waals surface area (Å²) in [7, 11) is 1.58. The van der Waals surface area contributed by atoms with Gasteiger partial charge < -0.3 is 19.7 Å². The summed E-state index contributed by atoms with van der Waals surface area (Å²) in [5, 5.41) is 4.10. The van der Waals surface area contributed by atoms with Gasteiger partial charge in [0, 0.05) is 40.3 Å². The highest BCUT2D eigenvalue weighted by atomic mass is 35.5. The van der Waals surface area contributed by atoms with Gasteiger partial charge in [0.15, 0.2) is 0 Å². The van der Waals surface area contributed by atoms with Crippen LogP contribution in [0.2, 0.25) is 5.02 Å².